The van der Waals surface area contributed by atoms with E-state index in [0.717, 1.165) is 33.6 Å². The maximum atomic E-state index is 12.9. The SMILES string of the molecule is CN(CCCc1cc(-c2ccccc2)no1)C(=O)C1CC(=O)N(c2ccccc2Br)C1. The van der Waals surface area contributed by atoms with Gasteiger partial charge in [-0.25, -0.2) is 0 Å². The van der Waals surface area contributed by atoms with E-state index in [4.69, 9.17) is 4.52 Å². The van der Waals surface area contributed by atoms with E-state index in [9.17, 15) is 9.59 Å². The van der Waals surface area contributed by atoms with E-state index in [1.165, 1.54) is 0 Å². The van der Waals surface area contributed by atoms with E-state index in [-0.39, 0.29) is 24.2 Å². The second-order valence-electron chi connectivity index (χ2n) is 7.76. The van der Waals surface area contributed by atoms with Crippen LogP contribution in [0.2, 0.25) is 0 Å². The molecule has 2 heterocycles. The molecule has 4 rings (SSSR count). The highest BCUT2D eigenvalue weighted by Gasteiger charge is 2.36. The van der Waals surface area contributed by atoms with Crippen molar-refractivity contribution >= 4 is 33.4 Å². The Hall–Kier alpha value is -2.93. The first-order valence-electron chi connectivity index (χ1n) is 10.3. The molecule has 31 heavy (non-hydrogen) atoms. The van der Waals surface area contributed by atoms with Gasteiger partial charge in [-0.3, -0.25) is 9.59 Å². The van der Waals surface area contributed by atoms with Crippen molar-refractivity contribution in [1.82, 2.24) is 10.1 Å². The Bertz CT molecular complexity index is 1070. The van der Waals surface area contributed by atoms with Crippen molar-refractivity contribution in [2.24, 2.45) is 5.92 Å². The summed E-state index contributed by atoms with van der Waals surface area (Å²) in [7, 11) is 1.80. The van der Waals surface area contributed by atoms with E-state index in [0.29, 0.717) is 19.5 Å². The standard InChI is InChI=1S/C24H24BrN3O3/c1-27(13-7-10-19-15-21(26-31-19)17-8-3-2-4-9-17)24(30)18-14-23(29)28(16-18)22-12-6-5-11-20(22)25/h2-6,8-9,11-12,15,18H,7,10,13-14,16H2,1H3. The number of benzene rings is 2. The molecule has 1 fully saturated rings. The normalized spacial score (nSPS) is 16.0. The Kier molecular flexibility index (Phi) is 6.51. The van der Waals surface area contributed by atoms with Crippen LogP contribution in [0.5, 0.6) is 0 Å². The predicted octanol–water partition coefficient (Wildman–Crippen LogP) is 4.55. The van der Waals surface area contributed by atoms with Crippen LogP contribution in [0.1, 0.15) is 18.6 Å². The number of carbonyl (C=O) groups is 2. The summed E-state index contributed by atoms with van der Waals surface area (Å²) in [4.78, 5) is 28.8. The molecule has 7 heteroatoms. The third kappa shape index (κ3) is 4.88. The average molecular weight is 482 g/mol. The molecule has 6 nitrogen and oxygen atoms in total. The first-order valence-corrected chi connectivity index (χ1v) is 11.1. The summed E-state index contributed by atoms with van der Waals surface area (Å²) in [5.41, 5.74) is 2.65. The van der Waals surface area contributed by atoms with Gasteiger partial charge in [0.1, 0.15) is 11.5 Å². The average Bonchev–Trinajstić information content (AvgIpc) is 3.41. The van der Waals surface area contributed by atoms with Crippen molar-refractivity contribution in [3.63, 3.8) is 0 Å². The molecule has 1 saturated heterocycles. The number of hydrogen-bond donors (Lipinski definition) is 0. The topological polar surface area (TPSA) is 66.7 Å². The lowest BCUT2D eigenvalue weighted by molar-refractivity contribution is -0.134. The molecule has 0 aliphatic carbocycles. The Labute approximate surface area is 189 Å². The van der Waals surface area contributed by atoms with Crippen LogP contribution in [0.3, 0.4) is 0 Å². The highest BCUT2D eigenvalue weighted by atomic mass is 79.9. The van der Waals surface area contributed by atoms with Gasteiger partial charge in [-0.15, -0.1) is 0 Å². The largest absolute Gasteiger partial charge is 0.361 e. The molecule has 160 valence electrons. The van der Waals surface area contributed by atoms with Gasteiger partial charge in [0.25, 0.3) is 0 Å². The van der Waals surface area contributed by atoms with Gasteiger partial charge in [0.2, 0.25) is 11.8 Å². The Balaban J connectivity index is 1.29. The molecule has 0 spiro atoms. The molecule has 2 amide bonds. The van der Waals surface area contributed by atoms with Crippen molar-refractivity contribution in [2.45, 2.75) is 19.3 Å². The number of hydrogen-bond acceptors (Lipinski definition) is 4. The Morgan fingerprint density at radius 3 is 2.71 bits per heavy atom. The second kappa shape index (κ2) is 9.47. The molecule has 1 unspecified atom stereocenters. The molecule has 0 bridgehead atoms. The summed E-state index contributed by atoms with van der Waals surface area (Å²) in [6.45, 7) is 1.01. The highest BCUT2D eigenvalue weighted by molar-refractivity contribution is 9.10. The number of aryl methyl sites for hydroxylation is 1. The van der Waals surface area contributed by atoms with Gasteiger partial charge in [-0.05, 0) is 34.5 Å². The van der Waals surface area contributed by atoms with Crippen LogP contribution in [0.15, 0.2) is 69.7 Å². The van der Waals surface area contributed by atoms with Gasteiger partial charge in [0.05, 0.1) is 11.6 Å². The van der Waals surface area contributed by atoms with Crippen molar-refractivity contribution in [3.05, 3.63) is 70.9 Å². The van der Waals surface area contributed by atoms with Crippen LogP contribution >= 0.6 is 15.9 Å². The van der Waals surface area contributed by atoms with Crippen LogP contribution in [0, 0.1) is 5.92 Å². The molecule has 3 aromatic rings. The quantitative estimate of drug-likeness (QED) is 0.496. The summed E-state index contributed by atoms with van der Waals surface area (Å²) in [5, 5.41) is 4.13. The van der Waals surface area contributed by atoms with Gasteiger partial charge in [-0.2, -0.15) is 0 Å². The molecule has 0 N–H and O–H groups in total. The van der Waals surface area contributed by atoms with Crippen molar-refractivity contribution in [3.8, 4) is 11.3 Å². The number of anilines is 1. The maximum absolute atomic E-state index is 12.9. The van der Waals surface area contributed by atoms with Crippen molar-refractivity contribution in [1.29, 1.82) is 0 Å². The molecule has 1 aliphatic rings. The summed E-state index contributed by atoms with van der Waals surface area (Å²) in [6.07, 6.45) is 1.71. The number of para-hydroxylation sites is 1. The summed E-state index contributed by atoms with van der Waals surface area (Å²) >= 11 is 3.49. The Morgan fingerprint density at radius 1 is 1.19 bits per heavy atom. The van der Waals surface area contributed by atoms with Gasteiger partial charge in [0, 0.05) is 49.1 Å². The zero-order chi connectivity index (χ0) is 21.8. The van der Waals surface area contributed by atoms with E-state index >= 15 is 0 Å². The van der Waals surface area contributed by atoms with Crippen LogP contribution in [0.4, 0.5) is 5.69 Å². The van der Waals surface area contributed by atoms with Gasteiger partial charge < -0.3 is 14.3 Å². The molecule has 0 radical (unpaired) electrons. The minimum Gasteiger partial charge on any atom is -0.361 e. The first kappa shape index (κ1) is 21.3. The smallest absolute Gasteiger partial charge is 0.227 e. The molecule has 2 aromatic carbocycles. The fourth-order valence-corrected chi connectivity index (χ4v) is 4.36. The predicted molar refractivity (Wildman–Crippen MR) is 122 cm³/mol. The number of aromatic nitrogens is 1. The van der Waals surface area contributed by atoms with Crippen LogP contribution in [-0.2, 0) is 16.0 Å². The maximum Gasteiger partial charge on any atom is 0.227 e. The summed E-state index contributed by atoms with van der Waals surface area (Å²) in [6, 6.07) is 19.4. The molecular formula is C24H24BrN3O3. The number of amides is 2. The second-order valence-corrected chi connectivity index (χ2v) is 8.62. The number of rotatable bonds is 7. The molecule has 1 atom stereocenters. The third-order valence-electron chi connectivity index (χ3n) is 5.54. The zero-order valence-corrected chi connectivity index (χ0v) is 18.9. The molecule has 1 aliphatic heterocycles. The van der Waals surface area contributed by atoms with Crippen LogP contribution in [0.25, 0.3) is 11.3 Å². The highest BCUT2D eigenvalue weighted by Crippen LogP contribution is 2.31. The number of carbonyl (C=O) groups excluding carboxylic acids is 2. The van der Waals surface area contributed by atoms with Crippen LogP contribution in [-0.4, -0.2) is 42.0 Å². The fraction of sp³-hybridized carbons (Fsp3) is 0.292. The monoisotopic (exact) mass is 481 g/mol. The number of nitrogens with zero attached hydrogens (tertiary/aromatic N) is 3. The van der Waals surface area contributed by atoms with Gasteiger partial charge >= 0.3 is 0 Å². The third-order valence-corrected chi connectivity index (χ3v) is 6.21. The minimum absolute atomic E-state index is 0.00504. The van der Waals surface area contributed by atoms with E-state index < -0.39 is 0 Å². The summed E-state index contributed by atoms with van der Waals surface area (Å²) in [5.74, 6) is 0.467. The lowest BCUT2D eigenvalue weighted by atomic mass is 10.1. The Morgan fingerprint density at radius 2 is 1.94 bits per heavy atom. The van der Waals surface area contributed by atoms with Crippen molar-refractivity contribution in [2.75, 3.05) is 25.0 Å². The van der Waals surface area contributed by atoms with E-state index in [1.807, 2.05) is 60.7 Å². The zero-order valence-electron chi connectivity index (χ0n) is 17.3. The first-order chi connectivity index (χ1) is 15.0. The lowest BCUT2D eigenvalue weighted by Crippen LogP contribution is -2.35. The van der Waals surface area contributed by atoms with Crippen molar-refractivity contribution < 1.29 is 14.1 Å². The fourth-order valence-electron chi connectivity index (χ4n) is 3.86. The van der Waals surface area contributed by atoms with E-state index in [2.05, 4.69) is 21.1 Å². The summed E-state index contributed by atoms with van der Waals surface area (Å²) < 4.78 is 6.29. The van der Waals surface area contributed by atoms with E-state index in [1.54, 1.807) is 16.8 Å². The molecular weight excluding hydrogens is 458 g/mol. The number of halogens is 1. The van der Waals surface area contributed by atoms with Gasteiger partial charge in [0.15, 0.2) is 0 Å². The lowest BCUT2D eigenvalue weighted by Gasteiger charge is -2.21. The molecule has 1 aromatic heterocycles. The molecule has 0 saturated carbocycles. The minimum atomic E-state index is -0.320. The van der Waals surface area contributed by atoms with Gasteiger partial charge in [-0.1, -0.05) is 47.6 Å². The van der Waals surface area contributed by atoms with Crippen LogP contribution < -0.4 is 4.90 Å².